The molecule has 0 saturated carbocycles. The third kappa shape index (κ3) is 3.33. The molecule has 0 spiro atoms. The van der Waals surface area contributed by atoms with Gasteiger partial charge in [-0.05, 0) is 65.4 Å². The first-order valence-corrected chi connectivity index (χ1v) is 10.1. The van der Waals surface area contributed by atoms with Crippen LogP contribution in [-0.2, 0) is 0 Å². The Balaban J connectivity index is 1.45. The molecule has 0 fully saturated rings. The van der Waals surface area contributed by atoms with E-state index in [0.717, 1.165) is 37.7 Å². The molecule has 5 rings (SSSR count). The Morgan fingerprint density at radius 2 is 1.87 bits per heavy atom. The fourth-order valence-corrected chi connectivity index (χ4v) is 4.29. The van der Waals surface area contributed by atoms with Crippen LogP contribution < -0.4 is 5.32 Å². The van der Waals surface area contributed by atoms with E-state index in [9.17, 15) is 4.79 Å². The zero-order valence-corrected chi connectivity index (χ0v) is 16.8. The molecular formula is C22H16N6OS. The average Bonchev–Trinajstić information content (AvgIpc) is 3.44. The van der Waals surface area contributed by atoms with Gasteiger partial charge < -0.3 is 5.32 Å². The number of nitrogens with one attached hydrogen (secondary N) is 1. The maximum atomic E-state index is 12.9. The Labute approximate surface area is 176 Å². The average molecular weight is 412 g/mol. The first-order valence-electron chi connectivity index (χ1n) is 9.29. The number of para-hydroxylation sites is 2. The molecule has 7 nitrogen and oxygen atoms in total. The summed E-state index contributed by atoms with van der Waals surface area (Å²) < 4.78 is 2.68. The zero-order chi connectivity index (χ0) is 20.5. The van der Waals surface area contributed by atoms with Crippen LogP contribution in [0.15, 0.2) is 73.1 Å². The molecule has 3 aromatic carbocycles. The van der Waals surface area contributed by atoms with Crippen LogP contribution in [0.5, 0.6) is 0 Å². The van der Waals surface area contributed by atoms with E-state index in [2.05, 4.69) is 20.8 Å². The molecule has 1 N–H and O–H groups in total. The third-order valence-electron chi connectivity index (χ3n) is 4.75. The monoisotopic (exact) mass is 412 g/mol. The minimum atomic E-state index is -0.185. The van der Waals surface area contributed by atoms with Crippen LogP contribution in [0, 0.1) is 6.92 Å². The van der Waals surface area contributed by atoms with Gasteiger partial charge in [-0.1, -0.05) is 24.3 Å². The van der Waals surface area contributed by atoms with E-state index in [1.807, 2.05) is 67.6 Å². The van der Waals surface area contributed by atoms with Gasteiger partial charge in [0.15, 0.2) is 0 Å². The molecule has 0 saturated heterocycles. The smallest absolute Gasteiger partial charge is 0.255 e. The summed E-state index contributed by atoms with van der Waals surface area (Å²) in [4.78, 5) is 17.7. The highest BCUT2D eigenvalue weighted by Crippen LogP contribution is 2.34. The van der Waals surface area contributed by atoms with Gasteiger partial charge in [-0.15, -0.1) is 16.4 Å². The number of benzene rings is 3. The largest absolute Gasteiger partial charge is 0.321 e. The maximum absolute atomic E-state index is 12.9. The number of amides is 1. The van der Waals surface area contributed by atoms with Crippen LogP contribution in [0.4, 0.5) is 5.69 Å². The standard InChI is InChI=1S/C22H16N6OS/c1-14-12-15(10-11-19(14)28-13-23-26-27-28)21(29)24-17-7-3-2-6-16(17)22-25-18-8-4-5-9-20(18)30-22/h2-13H,1H3,(H,24,29). The Kier molecular flexibility index (Phi) is 4.53. The molecule has 0 aliphatic carbocycles. The highest BCUT2D eigenvalue weighted by molar-refractivity contribution is 7.21. The van der Waals surface area contributed by atoms with Gasteiger partial charge in [0, 0.05) is 11.1 Å². The van der Waals surface area contributed by atoms with E-state index < -0.39 is 0 Å². The number of rotatable bonds is 4. The minimum Gasteiger partial charge on any atom is -0.321 e. The van der Waals surface area contributed by atoms with E-state index in [1.165, 1.54) is 6.33 Å². The van der Waals surface area contributed by atoms with E-state index >= 15 is 0 Å². The zero-order valence-electron chi connectivity index (χ0n) is 16.0. The second kappa shape index (κ2) is 7.49. The van der Waals surface area contributed by atoms with E-state index in [-0.39, 0.29) is 5.91 Å². The van der Waals surface area contributed by atoms with Gasteiger partial charge in [-0.25, -0.2) is 9.67 Å². The Morgan fingerprint density at radius 1 is 1.03 bits per heavy atom. The second-order valence-electron chi connectivity index (χ2n) is 6.74. The number of nitrogens with zero attached hydrogens (tertiary/aromatic N) is 5. The number of thiazole rings is 1. The van der Waals surface area contributed by atoms with Crippen LogP contribution in [0.2, 0.25) is 0 Å². The van der Waals surface area contributed by atoms with Crippen molar-refractivity contribution in [1.29, 1.82) is 0 Å². The van der Waals surface area contributed by atoms with Crippen molar-refractivity contribution in [1.82, 2.24) is 25.2 Å². The van der Waals surface area contributed by atoms with Gasteiger partial charge in [-0.3, -0.25) is 4.79 Å². The number of carbonyl (C=O) groups is 1. The molecule has 0 unspecified atom stereocenters. The predicted octanol–water partition coefficient (Wildman–Crippen LogP) is 4.50. The fourth-order valence-electron chi connectivity index (χ4n) is 3.29. The van der Waals surface area contributed by atoms with Crippen LogP contribution >= 0.6 is 11.3 Å². The lowest BCUT2D eigenvalue weighted by molar-refractivity contribution is 0.102. The number of anilines is 1. The number of aryl methyl sites for hydroxylation is 1. The highest BCUT2D eigenvalue weighted by Gasteiger charge is 2.14. The molecule has 0 radical (unpaired) electrons. The number of aromatic nitrogens is 5. The first-order chi connectivity index (χ1) is 14.7. The van der Waals surface area contributed by atoms with Gasteiger partial charge in [0.2, 0.25) is 0 Å². The van der Waals surface area contributed by atoms with Crippen LogP contribution in [0.3, 0.4) is 0 Å². The van der Waals surface area contributed by atoms with Crippen molar-refractivity contribution >= 4 is 33.1 Å². The Bertz CT molecular complexity index is 1330. The minimum absolute atomic E-state index is 0.185. The van der Waals surface area contributed by atoms with Gasteiger partial charge >= 0.3 is 0 Å². The van der Waals surface area contributed by atoms with E-state index in [0.29, 0.717) is 5.56 Å². The SMILES string of the molecule is Cc1cc(C(=O)Nc2ccccc2-c2nc3ccccc3s2)ccc1-n1cnnn1. The summed E-state index contributed by atoms with van der Waals surface area (Å²) in [7, 11) is 0. The number of tetrazole rings is 1. The summed E-state index contributed by atoms with van der Waals surface area (Å²) in [6.07, 6.45) is 1.52. The molecule has 8 heteroatoms. The second-order valence-corrected chi connectivity index (χ2v) is 7.77. The summed E-state index contributed by atoms with van der Waals surface area (Å²) in [6.45, 7) is 1.92. The first kappa shape index (κ1) is 18.1. The molecule has 146 valence electrons. The Morgan fingerprint density at radius 3 is 2.67 bits per heavy atom. The quantitative estimate of drug-likeness (QED) is 0.470. The lowest BCUT2D eigenvalue weighted by Gasteiger charge is -2.11. The predicted molar refractivity (Wildman–Crippen MR) is 117 cm³/mol. The van der Waals surface area contributed by atoms with Crippen LogP contribution in [0.25, 0.3) is 26.5 Å². The van der Waals surface area contributed by atoms with E-state index in [4.69, 9.17) is 4.98 Å². The summed E-state index contributed by atoms with van der Waals surface area (Å²) in [6, 6.07) is 21.1. The molecule has 2 heterocycles. The summed E-state index contributed by atoms with van der Waals surface area (Å²) in [5.74, 6) is -0.185. The molecule has 1 amide bonds. The number of hydrogen-bond acceptors (Lipinski definition) is 6. The number of hydrogen-bond donors (Lipinski definition) is 1. The van der Waals surface area contributed by atoms with Crippen LogP contribution in [-0.4, -0.2) is 31.1 Å². The van der Waals surface area contributed by atoms with Gasteiger partial charge in [0.05, 0.1) is 21.6 Å². The number of fused-ring (bicyclic) bond motifs is 1. The molecule has 0 aliphatic heterocycles. The van der Waals surface area contributed by atoms with E-state index in [1.54, 1.807) is 22.1 Å². The van der Waals surface area contributed by atoms with Gasteiger partial charge in [0.1, 0.15) is 11.3 Å². The molecule has 0 atom stereocenters. The lowest BCUT2D eigenvalue weighted by atomic mass is 10.1. The van der Waals surface area contributed by atoms with Crippen molar-refractivity contribution in [2.45, 2.75) is 6.92 Å². The molecule has 0 bridgehead atoms. The van der Waals surface area contributed by atoms with Crippen molar-refractivity contribution in [3.8, 4) is 16.3 Å². The topological polar surface area (TPSA) is 85.6 Å². The van der Waals surface area contributed by atoms with Gasteiger partial charge in [0.25, 0.3) is 5.91 Å². The summed E-state index contributed by atoms with van der Waals surface area (Å²) in [5, 5.41) is 15.1. The van der Waals surface area contributed by atoms with Gasteiger partial charge in [-0.2, -0.15) is 0 Å². The maximum Gasteiger partial charge on any atom is 0.255 e. The number of carbonyl (C=O) groups excluding carboxylic acids is 1. The van der Waals surface area contributed by atoms with Crippen LogP contribution in [0.1, 0.15) is 15.9 Å². The summed E-state index contributed by atoms with van der Waals surface area (Å²) >= 11 is 1.61. The molecule has 0 aliphatic rings. The molecule has 30 heavy (non-hydrogen) atoms. The summed E-state index contributed by atoms with van der Waals surface area (Å²) in [5.41, 5.74) is 4.86. The molecular weight excluding hydrogens is 396 g/mol. The van der Waals surface area contributed by atoms with Crippen molar-refractivity contribution in [3.63, 3.8) is 0 Å². The Hall–Kier alpha value is -3.91. The van der Waals surface area contributed by atoms with Crippen molar-refractivity contribution < 1.29 is 4.79 Å². The normalized spacial score (nSPS) is 11.0. The lowest BCUT2D eigenvalue weighted by Crippen LogP contribution is -2.13. The molecule has 2 aromatic heterocycles. The highest BCUT2D eigenvalue weighted by atomic mass is 32.1. The fraction of sp³-hybridized carbons (Fsp3) is 0.0455. The van der Waals surface area contributed by atoms with Crippen molar-refractivity contribution in [2.75, 3.05) is 5.32 Å². The van der Waals surface area contributed by atoms with Crippen molar-refractivity contribution in [3.05, 3.63) is 84.2 Å². The molecule has 5 aromatic rings. The van der Waals surface area contributed by atoms with Crippen molar-refractivity contribution in [2.24, 2.45) is 0 Å². The third-order valence-corrected chi connectivity index (χ3v) is 5.82.